The number of hydrogen-bond donors (Lipinski definition) is 0. The fourth-order valence-electron chi connectivity index (χ4n) is 2.01. The molecule has 0 N–H and O–H groups in total. The van der Waals surface area contributed by atoms with Gasteiger partial charge in [0, 0.05) is 0 Å². The summed E-state index contributed by atoms with van der Waals surface area (Å²) in [4.78, 5) is 0. The van der Waals surface area contributed by atoms with Crippen LogP contribution in [0.25, 0.3) is 0 Å². The first-order valence-electron chi connectivity index (χ1n) is 5.61. The Morgan fingerprint density at radius 3 is 1.41 bits per heavy atom. The Morgan fingerprint density at radius 1 is 0.765 bits per heavy atom. The van der Waals surface area contributed by atoms with Gasteiger partial charge in [-0.3, -0.25) is 0 Å². The molecule has 17 heavy (non-hydrogen) atoms. The van der Waals surface area contributed by atoms with E-state index in [1.54, 1.807) is 0 Å². The Balaban J connectivity index is 2.71. The second-order valence-corrected chi connectivity index (χ2v) is 10.4. The molecular weight excluding hydrogens is 225 g/mol. The minimum absolute atomic E-state index is 1.15. The Hall–Kier alpha value is -1.64. The van der Waals surface area contributed by atoms with E-state index in [0.29, 0.717) is 0 Å². The predicted molar refractivity (Wildman–Crippen MR) is 76.5 cm³/mol. The van der Waals surface area contributed by atoms with E-state index in [1.807, 2.05) is 36.4 Å². The number of rotatable bonds is 2. The summed E-state index contributed by atoms with van der Waals surface area (Å²) < 4.78 is 0. The molecule has 1 nitrogen and oxygen atoms in total. The van der Waals surface area contributed by atoms with E-state index in [-0.39, 0.29) is 0 Å². The van der Waals surface area contributed by atoms with Crippen molar-refractivity contribution < 1.29 is 0 Å². The molecule has 0 aliphatic rings. The summed E-state index contributed by atoms with van der Waals surface area (Å²) in [6.07, 6.45) is 0. The summed E-state index contributed by atoms with van der Waals surface area (Å²) in [7, 11) is 0. The number of hydrogen-bond acceptors (Lipinski definition) is 1. The topological polar surface area (TPSA) is 23.8 Å². The van der Waals surface area contributed by atoms with Gasteiger partial charge in [-0.15, -0.1) is 0 Å². The van der Waals surface area contributed by atoms with Gasteiger partial charge in [-0.05, 0) is 0 Å². The maximum atomic E-state index is 9.76. The van der Waals surface area contributed by atoms with Gasteiger partial charge in [-0.2, -0.15) is 0 Å². The standard InChI is InChI=1S/C15H16NP/c1-17(2,13-16,14-9-5-3-6-10-14)15-11-7-4-8-12-15/h3-12H,1-2H3. The quantitative estimate of drug-likeness (QED) is 0.742. The van der Waals surface area contributed by atoms with Crippen molar-refractivity contribution in [3.05, 3.63) is 60.7 Å². The van der Waals surface area contributed by atoms with E-state index >= 15 is 0 Å². The summed E-state index contributed by atoms with van der Waals surface area (Å²) >= 11 is 0. The fraction of sp³-hybridized carbons (Fsp3) is 0.133. The van der Waals surface area contributed by atoms with Crippen molar-refractivity contribution in [2.24, 2.45) is 0 Å². The summed E-state index contributed by atoms with van der Waals surface area (Å²) in [6.45, 7) is 1.56. The molecule has 0 bridgehead atoms. The summed E-state index contributed by atoms with van der Waals surface area (Å²) in [5.41, 5.74) is 0. The van der Waals surface area contributed by atoms with Gasteiger partial charge >= 0.3 is 102 Å². The second kappa shape index (κ2) is 3.99. The molecule has 2 aromatic carbocycles. The van der Waals surface area contributed by atoms with Crippen LogP contribution in [0.15, 0.2) is 60.7 Å². The van der Waals surface area contributed by atoms with E-state index in [4.69, 9.17) is 0 Å². The van der Waals surface area contributed by atoms with Gasteiger partial charge in [0.2, 0.25) is 0 Å². The van der Waals surface area contributed by atoms with E-state index < -0.39 is 6.60 Å². The number of nitrogens with zero attached hydrogens (tertiary/aromatic N) is 1. The summed E-state index contributed by atoms with van der Waals surface area (Å²) in [5.74, 6) is 2.62. The first-order chi connectivity index (χ1) is 8.07. The molecule has 2 aromatic rings. The van der Waals surface area contributed by atoms with Crippen LogP contribution in [0.3, 0.4) is 0 Å². The Kier molecular flexibility index (Phi) is 2.77. The van der Waals surface area contributed by atoms with Gasteiger partial charge in [0.1, 0.15) is 0 Å². The molecule has 2 rings (SSSR count). The molecule has 0 spiro atoms. The molecular formula is C15H16NP. The van der Waals surface area contributed by atoms with E-state index in [1.165, 1.54) is 0 Å². The van der Waals surface area contributed by atoms with Crippen LogP contribution in [0.1, 0.15) is 0 Å². The van der Waals surface area contributed by atoms with Crippen LogP contribution in [0.5, 0.6) is 0 Å². The first kappa shape index (κ1) is 11.8. The van der Waals surface area contributed by atoms with Crippen molar-refractivity contribution in [1.82, 2.24) is 0 Å². The van der Waals surface area contributed by atoms with Crippen molar-refractivity contribution in [2.75, 3.05) is 13.3 Å². The van der Waals surface area contributed by atoms with Crippen molar-refractivity contribution >= 4 is 17.2 Å². The van der Waals surface area contributed by atoms with Crippen LogP contribution < -0.4 is 10.6 Å². The van der Waals surface area contributed by atoms with Gasteiger partial charge in [-0.1, -0.05) is 0 Å². The van der Waals surface area contributed by atoms with Gasteiger partial charge < -0.3 is 0 Å². The average molecular weight is 241 g/mol. The van der Waals surface area contributed by atoms with Crippen LogP contribution in [0.4, 0.5) is 0 Å². The summed E-state index contributed by atoms with van der Waals surface area (Å²) in [6, 6.07) is 20.2. The molecule has 0 saturated carbocycles. The van der Waals surface area contributed by atoms with Crippen LogP contribution in [0, 0.1) is 11.1 Å². The Labute approximate surface area is 103 Å². The van der Waals surface area contributed by atoms with Gasteiger partial charge in [0.25, 0.3) is 0 Å². The molecule has 0 saturated heterocycles. The van der Waals surface area contributed by atoms with Gasteiger partial charge in [0.05, 0.1) is 0 Å². The third-order valence-electron chi connectivity index (χ3n) is 3.36. The maximum absolute atomic E-state index is 9.76. The van der Waals surface area contributed by atoms with Crippen LogP contribution in [-0.2, 0) is 0 Å². The van der Waals surface area contributed by atoms with Crippen molar-refractivity contribution in [1.29, 1.82) is 5.26 Å². The molecule has 0 aromatic heterocycles. The molecule has 0 amide bonds. The van der Waals surface area contributed by atoms with Crippen LogP contribution in [0.2, 0.25) is 0 Å². The minimum atomic E-state index is -2.65. The second-order valence-electron chi connectivity index (χ2n) is 4.90. The molecule has 0 fully saturated rings. The van der Waals surface area contributed by atoms with E-state index in [9.17, 15) is 5.26 Å². The molecule has 0 radical (unpaired) electrons. The van der Waals surface area contributed by atoms with Gasteiger partial charge in [-0.25, -0.2) is 0 Å². The zero-order chi connectivity index (χ0) is 12.4. The first-order valence-corrected chi connectivity index (χ1v) is 8.74. The van der Waals surface area contributed by atoms with E-state index in [2.05, 4.69) is 43.4 Å². The molecule has 0 aliphatic heterocycles. The predicted octanol–water partition coefficient (Wildman–Crippen LogP) is 2.93. The third kappa shape index (κ3) is 1.86. The van der Waals surface area contributed by atoms with Crippen molar-refractivity contribution in [3.63, 3.8) is 0 Å². The Morgan fingerprint density at radius 2 is 1.12 bits per heavy atom. The molecule has 2 heteroatoms. The SMILES string of the molecule is CP(C)(C#N)(c1ccccc1)c1ccccc1. The van der Waals surface area contributed by atoms with Crippen LogP contribution in [-0.4, -0.2) is 13.3 Å². The fourth-order valence-corrected chi connectivity index (χ4v) is 4.68. The van der Waals surface area contributed by atoms with Gasteiger partial charge in [0.15, 0.2) is 0 Å². The van der Waals surface area contributed by atoms with Crippen molar-refractivity contribution in [3.8, 4) is 5.81 Å². The number of nitriles is 1. The number of benzene rings is 2. The molecule has 86 valence electrons. The molecule has 0 aliphatic carbocycles. The molecule has 0 atom stereocenters. The Bertz CT molecular complexity index is 509. The third-order valence-corrected chi connectivity index (χ3v) is 7.66. The van der Waals surface area contributed by atoms with E-state index in [0.717, 1.165) is 10.6 Å². The van der Waals surface area contributed by atoms with Crippen molar-refractivity contribution in [2.45, 2.75) is 0 Å². The monoisotopic (exact) mass is 241 g/mol. The zero-order valence-corrected chi connectivity index (χ0v) is 11.1. The van der Waals surface area contributed by atoms with Crippen LogP contribution >= 0.6 is 6.60 Å². The zero-order valence-electron chi connectivity index (χ0n) is 10.2. The molecule has 0 heterocycles. The normalized spacial score (nSPS) is 13.4. The molecule has 0 unspecified atom stereocenters. The summed E-state index contributed by atoms with van der Waals surface area (Å²) in [5, 5.41) is 12.1. The average Bonchev–Trinajstić information content (AvgIpc) is 2.41.